The van der Waals surface area contributed by atoms with Gasteiger partial charge in [-0.3, -0.25) is 9.52 Å². The van der Waals surface area contributed by atoms with Crippen LogP contribution in [0.4, 0.5) is 10.1 Å². The summed E-state index contributed by atoms with van der Waals surface area (Å²) in [5.41, 5.74) is 3.89. The summed E-state index contributed by atoms with van der Waals surface area (Å²) in [5.74, 6) is -0.434. The Kier molecular flexibility index (Phi) is 5.24. The van der Waals surface area contributed by atoms with E-state index in [0.717, 1.165) is 53.6 Å². The first kappa shape index (κ1) is 21.6. The van der Waals surface area contributed by atoms with E-state index in [1.165, 1.54) is 13.2 Å². The fraction of sp³-hybridized carbons (Fsp3) is 0.269. The summed E-state index contributed by atoms with van der Waals surface area (Å²) in [7, 11) is -2.75. The number of benzene rings is 3. The molecule has 0 unspecified atom stereocenters. The molecule has 0 radical (unpaired) electrons. The number of ketones is 1. The zero-order valence-corrected chi connectivity index (χ0v) is 19.0. The van der Waals surface area contributed by atoms with Crippen molar-refractivity contribution in [1.82, 2.24) is 0 Å². The maximum atomic E-state index is 13.6. The fourth-order valence-corrected chi connectivity index (χ4v) is 6.22. The molecule has 3 aromatic carbocycles. The molecule has 5 nitrogen and oxygen atoms in total. The molecule has 0 saturated heterocycles. The molecule has 5 rings (SSSR count). The highest BCUT2D eigenvalue weighted by Crippen LogP contribution is 2.52. The number of sulfonamides is 1. The Morgan fingerprint density at radius 3 is 2.48 bits per heavy atom. The second-order valence-electron chi connectivity index (χ2n) is 8.76. The van der Waals surface area contributed by atoms with Crippen molar-refractivity contribution in [2.24, 2.45) is 0 Å². The highest BCUT2D eigenvalue weighted by molar-refractivity contribution is 7.92. The summed E-state index contributed by atoms with van der Waals surface area (Å²) in [5, 5.41) is 0. The highest BCUT2D eigenvalue weighted by atomic mass is 32.2. The predicted octanol–water partition coefficient (Wildman–Crippen LogP) is 4.77. The fourth-order valence-electron chi connectivity index (χ4n) is 5.03. The van der Waals surface area contributed by atoms with Crippen LogP contribution in [-0.4, -0.2) is 21.3 Å². The number of methoxy groups -OCH3 is 1. The molecule has 0 amide bonds. The van der Waals surface area contributed by atoms with Crippen LogP contribution in [0.15, 0.2) is 65.6 Å². The Morgan fingerprint density at radius 2 is 1.82 bits per heavy atom. The molecule has 1 saturated carbocycles. The SMILES string of the molecule is COc1cc(F)ccc1S(=O)(=O)Nc1cc(Cc2ccccc2)c2c(c1)C1(CCC1)C(=O)C2. The second-order valence-corrected chi connectivity index (χ2v) is 10.4. The molecular weight excluding hydrogens is 441 g/mol. The van der Waals surface area contributed by atoms with Crippen LogP contribution in [0.5, 0.6) is 5.75 Å². The molecule has 0 aromatic heterocycles. The number of anilines is 1. The molecule has 7 heteroatoms. The Bertz CT molecular complexity index is 1350. The highest BCUT2D eigenvalue weighted by Gasteiger charge is 2.51. The number of nitrogens with one attached hydrogen (secondary N) is 1. The van der Waals surface area contributed by atoms with Crippen LogP contribution in [0.1, 0.15) is 41.5 Å². The smallest absolute Gasteiger partial charge is 0.265 e. The minimum atomic E-state index is -4.05. The number of hydrogen-bond acceptors (Lipinski definition) is 4. The van der Waals surface area contributed by atoms with Gasteiger partial charge in [0.25, 0.3) is 10.0 Å². The maximum Gasteiger partial charge on any atom is 0.265 e. The van der Waals surface area contributed by atoms with E-state index in [1.54, 1.807) is 6.07 Å². The number of carbonyl (C=O) groups is 1. The lowest BCUT2D eigenvalue weighted by molar-refractivity contribution is -0.125. The molecule has 0 heterocycles. The van der Waals surface area contributed by atoms with Gasteiger partial charge in [0.1, 0.15) is 22.2 Å². The van der Waals surface area contributed by atoms with Crippen molar-refractivity contribution >= 4 is 21.5 Å². The van der Waals surface area contributed by atoms with Crippen LogP contribution >= 0.6 is 0 Å². The quantitative estimate of drug-likeness (QED) is 0.569. The number of carbonyl (C=O) groups excluding carboxylic acids is 1. The van der Waals surface area contributed by atoms with Gasteiger partial charge in [-0.15, -0.1) is 0 Å². The van der Waals surface area contributed by atoms with Crippen LogP contribution in [0, 0.1) is 5.82 Å². The third-order valence-corrected chi connectivity index (χ3v) is 8.26. The first-order valence-electron chi connectivity index (χ1n) is 10.9. The molecule has 1 spiro atoms. The number of fused-ring (bicyclic) bond motifs is 2. The van der Waals surface area contributed by atoms with E-state index in [1.807, 2.05) is 36.4 Å². The lowest BCUT2D eigenvalue weighted by atomic mass is 9.64. The Morgan fingerprint density at radius 1 is 1.06 bits per heavy atom. The van der Waals surface area contributed by atoms with Crippen LogP contribution in [0.25, 0.3) is 0 Å². The summed E-state index contributed by atoms with van der Waals surface area (Å²) in [4.78, 5) is 12.8. The molecule has 1 N–H and O–H groups in total. The summed E-state index contributed by atoms with van der Waals surface area (Å²) in [6.07, 6.45) is 3.57. The Hall–Kier alpha value is -3.19. The summed E-state index contributed by atoms with van der Waals surface area (Å²) in [6, 6.07) is 16.8. The van der Waals surface area contributed by atoms with Gasteiger partial charge in [-0.1, -0.05) is 36.8 Å². The lowest BCUT2D eigenvalue weighted by Crippen LogP contribution is -2.39. The van der Waals surface area contributed by atoms with Gasteiger partial charge in [0.15, 0.2) is 0 Å². The Labute approximate surface area is 192 Å². The van der Waals surface area contributed by atoms with Gasteiger partial charge in [-0.25, -0.2) is 12.8 Å². The number of ether oxygens (including phenoxy) is 1. The van der Waals surface area contributed by atoms with Crippen LogP contribution in [0.3, 0.4) is 0 Å². The van der Waals surface area contributed by atoms with Crippen LogP contribution in [-0.2, 0) is 33.1 Å². The van der Waals surface area contributed by atoms with Crippen molar-refractivity contribution in [2.45, 2.75) is 42.4 Å². The number of hydrogen-bond donors (Lipinski definition) is 1. The maximum absolute atomic E-state index is 13.6. The van der Waals surface area contributed by atoms with Crippen molar-refractivity contribution in [3.63, 3.8) is 0 Å². The monoisotopic (exact) mass is 465 g/mol. The molecule has 1 fully saturated rings. The average molecular weight is 466 g/mol. The Balaban J connectivity index is 1.59. The average Bonchev–Trinajstić information content (AvgIpc) is 3.06. The van der Waals surface area contributed by atoms with E-state index < -0.39 is 21.3 Å². The van der Waals surface area contributed by atoms with E-state index in [2.05, 4.69) is 4.72 Å². The van der Waals surface area contributed by atoms with E-state index in [4.69, 9.17) is 4.74 Å². The van der Waals surface area contributed by atoms with Crippen molar-refractivity contribution in [2.75, 3.05) is 11.8 Å². The van der Waals surface area contributed by atoms with Gasteiger partial charge in [0, 0.05) is 18.2 Å². The molecular formula is C26H24FNO4S. The predicted molar refractivity (Wildman–Crippen MR) is 124 cm³/mol. The molecule has 0 atom stereocenters. The van der Waals surface area contributed by atoms with Gasteiger partial charge in [0.2, 0.25) is 0 Å². The van der Waals surface area contributed by atoms with Gasteiger partial charge >= 0.3 is 0 Å². The van der Waals surface area contributed by atoms with Crippen LogP contribution < -0.4 is 9.46 Å². The van der Waals surface area contributed by atoms with Crippen molar-refractivity contribution in [3.8, 4) is 5.75 Å². The standard InChI is InChI=1S/C26H24FNO4S/c1-32-23-14-19(27)8-9-24(23)33(30,31)28-20-13-18(12-17-6-3-2-4-7-17)21-16-25(29)26(10-5-11-26)22(21)15-20/h2-4,6-9,13-15,28H,5,10-12,16H2,1H3. The van der Waals surface area contributed by atoms with Crippen molar-refractivity contribution in [1.29, 1.82) is 0 Å². The third kappa shape index (κ3) is 3.70. The van der Waals surface area contributed by atoms with E-state index in [-0.39, 0.29) is 16.4 Å². The first-order valence-corrected chi connectivity index (χ1v) is 12.4. The van der Waals surface area contributed by atoms with Crippen LogP contribution in [0.2, 0.25) is 0 Å². The van der Waals surface area contributed by atoms with Gasteiger partial charge in [0.05, 0.1) is 12.5 Å². The molecule has 2 aliphatic rings. The second kappa shape index (κ2) is 7.99. The summed E-state index contributed by atoms with van der Waals surface area (Å²) >= 11 is 0. The van der Waals surface area contributed by atoms with E-state index in [0.29, 0.717) is 18.5 Å². The van der Waals surface area contributed by atoms with Crippen molar-refractivity contribution in [3.05, 3.63) is 88.7 Å². The largest absolute Gasteiger partial charge is 0.495 e. The lowest BCUT2D eigenvalue weighted by Gasteiger charge is -2.38. The van der Waals surface area contributed by atoms with E-state index in [9.17, 15) is 17.6 Å². The zero-order valence-electron chi connectivity index (χ0n) is 18.2. The number of rotatable bonds is 6. The topological polar surface area (TPSA) is 72.5 Å². The van der Waals surface area contributed by atoms with Gasteiger partial charge in [-0.2, -0.15) is 0 Å². The summed E-state index contributed by atoms with van der Waals surface area (Å²) < 4.78 is 47.7. The molecule has 3 aromatic rings. The molecule has 170 valence electrons. The van der Waals surface area contributed by atoms with Gasteiger partial charge < -0.3 is 4.74 Å². The number of Topliss-reactive ketones (excluding diaryl/α,β-unsaturated/α-hetero) is 1. The minimum absolute atomic E-state index is 0.0705. The number of halogens is 1. The third-order valence-electron chi connectivity index (χ3n) is 6.84. The normalized spacial score (nSPS) is 16.4. The summed E-state index contributed by atoms with van der Waals surface area (Å²) in [6.45, 7) is 0. The van der Waals surface area contributed by atoms with E-state index >= 15 is 0 Å². The molecule has 0 bridgehead atoms. The zero-order chi connectivity index (χ0) is 23.2. The first-order chi connectivity index (χ1) is 15.8. The minimum Gasteiger partial charge on any atom is -0.495 e. The van der Waals surface area contributed by atoms with Crippen molar-refractivity contribution < 1.29 is 22.3 Å². The van der Waals surface area contributed by atoms with Gasteiger partial charge in [-0.05, 0) is 65.8 Å². The molecule has 0 aliphatic heterocycles. The molecule has 33 heavy (non-hydrogen) atoms. The molecule has 2 aliphatic carbocycles.